The molecule has 0 spiro atoms. The van der Waals surface area contributed by atoms with Gasteiger partial charge in [-0.2, -0.15) is 0 Å². The van der Waals surface area contributed by atoms with Gasteiger partial charge in [-0.1, -0.05) is 13.0 Å². The molecule has 0 saturated carbocycles. The van der Waals surface area contributed by atoms with Crippen LogP contribution in [-0.2, 0) is 4.74 Å². The molecule has 1 heterocycles. The molecule has 0 aliphatic heterocycles. The Bertz CT molecular complexity index is 226. The fraction of sp³-hybridized carbons (Fsp3) is 0.600. The second-order valence-corrected chi connectivity index (χ2v) is 5.74. The van der Waals surface area contributed by atoms with E-state index in [1.807, 2.05) is 11.8 Å². The monoisotopic (exact) mass is 231 g/mol. The first kappa shape index (κ1) is 12.0. The third kappa shape index (κ3) is 5.00. The Morgan fingerprint density at radius 1 is 1.64 bits per heavy atom. The Morgan fingerprint density at radius 2 is 2.50 bits per heavy atom. The quantitative estimate of drug-likeness (QED) is 0.575. The molecule has 1 atom stereocenters. The second kappa shape index (κ2) is 7.29. The van der Waals surface area contributed by atoms with Crippen LogP contribution in [0.1, 0.15) is 6.92 Å². The van der Waals surface area contributed by atoms with Gasteiger partial charge in [0.05, 0.1) is 10.8 Å². The van der Waals surface area contributed by atoms with Crippen molar-refractivity contribution in [3.05, 3.63) is 17.5 Å². The summed E-state index contributed by atoms with van der Waals surface area (Å²) in [5.74, 6) is 0. The summed E-state index contributed by atoms with van der Waals surface area (Å²) in [7, 11) is 1.73. The number of rotatable bonds is 7. The Balaban J connectivity index is 2.07. The van der Waals surface area contributed by atoms with Gasteiger partial charge in [-0.3, -0.25) is 0 Å². The minimum absolute atomic E-state index is 0.616. The van der Waals surface area contributed by atoms with Gasteiger partial charge in [0.2, 0.25) is 0 Å². The van der Waals surface area contributed by atoms with Crippen molar-refractivity contribution in [3.63, 3.8) is 0 Å². The van der Waals surface area contributed by atoms with Crippen molar-refractivity contribution in [1.29, 1.82) is 0 Å². The highest BCUT2D eigenvalue weighted by Crippen LogP contribution is 2.26. The fourth-order valence-corrected chi connectivity index (χ4v) is 3.14. The zero-order valence-electron chi connectivity index (χ0n) is 8.66. The van der Waals surface area contributed by atoms with E-state index in [9.17, 15) is 0 Å². The lowest BCUT2D eigenvalue weighted by molar-refractivity contribution is 0.199. The molecule has 0 aromatic carbocycles. The molecule has 80 valence electrons. The van der Waals surface area contributed by atoms with Gasteiger partial charge in [0.1, 0.15) is 0 Å². The van der Waals surface area contributed by atoms with Gasteiger partial charge in [0.15, 0.2) is 0 Å². The van der Waals surface area contributed by atoms with E-state index in [0.717, 1.165) is 19.7 Å². The van der Waals surface area contributed by atoms with Crippen LogP contribution in [0.4, 0.5) is 0 Å². The fourth-order valence-electron chi connectivity index (χ4n) is 1.05. The molecule has 14 heavy (non-hydrogen) atoms. The zero-order chi connectivity index (χ0) is 10.2. The highest BCUT2D eigenvalue weighted by atomic mass is 32.2. The predicted octanol–water partition coefficient (Wildman–Crippen LogP) is 2.46. The van der Waals surface area contributed by atoms with E-state index in [4.69, 9.17) is 4.74 Å². The number of nitrogens with one attached hydrogen (secondary N) is 1. The minimum Gasteiger partial charge on any atom is -0.383 e. The standard InChI is InChI=1S/C10H17NOS2/c1-9(8-11-5-6-12-2)14-10-4-3-7-13-10/h3-4,7,9,11H,5-6,8H2,1-2H3. The molecule has 0 fully saturated rings. The van der Waals surface area contributed by atoms with Crippen LogP contribution in [0, 0.1) is 0 Å². The van der Waals surface area contributed by atoms with Crippen LogP contribution in [0.2, 0.25) is 0 Å². The Hall–Kier alpha value is -0.0300. The van der Waals surface area contributed by atoms with Crippen molar-refractivity contribution in [3.8, 4) is 0 Å². The first-order valence-electron chi connectivity index (χ1n) is 4.72. The molecule has 1 aromatic heterocycles. The van der Waals surface area contributed by atoms with E-state index in [1.54, 1.807) is 18.4 Å². The SMILES string of the molecule is COCCNCC(C)Sc1cccs1. The Labute approximate surface area is 94.0 Å². The first-order chi connectivity index (χ1) is 6.83. The maximum absolute atomic E-state index is 4.96. The zero-order valence-corrected chi connectivity index (χ0v) is 10.3. The van der Waals surface area contributed by atoms with Gasteiger partial charge >= 0.3 is 0 Å². The van der Waals surface area contributed by atoms with Crippen molar-refractivity contribution in [1.82, 2.24) is 5.32 Å². The van der Waals surface area contributed by atoms with Crippen LogP contribution in [0.15, 0.2) is 21.7 Å². The van der Waals surface area contributed by atoms with Gasteiger partial charge < -0.3 is 10.1 Å². The third-order valence-electron chi connectivity index (χ3n) is 1.73. The molecular weight excluding hydrogens is 214 g/mol. The molecule has 1 N–H and O–H groups in total. The van der Waals surface area contributed by atoms with E-state index in [2.05, 4.69) is 29.8 Å². The van der Waals surface area contributed by atoms with Crippen molar-refractivity contribution in [2.45, 2.75) is 16.4 Å². The normalized spacial score (nSPS) is 13.0. The molecule has 0 aliphatic rings. The molecule has 0 aliphatic carbocycles. The van der Waals surface area contributed by atoms with Crippen molar-refractivity contribution >= 4 is 23.1 Å². The summed E-state index contributed by atoms with van der Waals surface area (Å²) in [6, 6.07) is 4.26. The molecule has 1 aromatic rings. The van der Waals surface area contributed by atoms with Gasteiger partial charge in [0, 0.05) is 25.4 Å². The Morgan fingerprint density at radius 3 is 3.14 bits per heavy atom. The summed E-state index contributed by atoms with van der Waals surface area (Å²) in [4.78, 5) is 0. The maximum Gasteiger partial charge on any atom is 0.0601 e. The molecule has 0 bridgehead atoms. The van der Waals surface area contributed by atoms with Crippen LogP contribution in [0.3, 0.4) is 0 Å². The molecule has 1 unspecified atom stereocenters. The van der Waals surface area contributed by atoms with E-state index in [0.29, 0.717) is 5.25 Å². The average molecular weight is 231 g/mol. The van der Waals surface area contributed by atoms with Gasteiger partial charge in [0.25, 0.3) is 0 Å². The first-order valence-corrected chi connectivity index (χ1v) is 6.48. The second-order valence-electron chi connectivity index (χ2n) is 3.06. The van der Waals surface area contributed by atoms with Crippen molar-refractivity contribution < 1.29 is 4.74 Å². The highest BCUT2D eigenvalue weighted by Gasteiger charge is 2.03. The van der Waals surface area contributed by atoms with Gasteiger partial charge in [-0.05, 0) is 11.4 Å². The number of thiophene rings is 1. The lowest BCUT2D eigenvalue weighted by Crippen LogP contribution is -2.25. The molecule has 0 saturated heterocycles. The van der Waals surface area contributed by atoms with E-state index < -0.39 is 0 Å². The summed E-state index contributed by atoms with van der Waals surface area (Å²) >= 11 is 3.73. The van der Waals surface area contributed by atoms with Gasteiger partial charge in [-0.15, -0.1) is 23.1 Å². The average Bonchev–Trinajstić information content (AvgIpc) is 2.65. The van der Waals surface area contributed by atoms with E-state index >= 15 is 0 Å². The smallest absolute Gasteiger partial charge is 0.0601 e. The summed E-state index contributed by atoms with van der Waals surface area (Å²) in [5.41, 5.74) is 0. The molecular formula is C10H17NOS2. The lowest BCUT2D eigenvalue weighted by atomic mass is 10.4. The van der Waals surface area contributed by atoms with Crippen LogP contribution < -0.4 is 5.32 Å². The minimum atomic E-state index is 0.616. The summed E-state index contributed by atoms with van der Waals surface area (Å²) in [6.45, 7) is 5.00. The number of hydrogen-bond acceptors (Lipinski definition) is 4. The molecule has 2 nitrogen and oxygen atoms in total. The van der Waals surface area contributed by atoms with Crippen molar-refractivity contribution in [2.75, 3.05) is 26.8 Å². The summed E-state index contributed by atoms with van der Waals surface area (Å²) < 4.78 is 6.36. The predicted molar refractivity (Wildman–Crippen MR) is 64.4 cm³/mol. The number of ether oxygens (including phenoxy) is 1. The third-order valence-corrected chi connectivity index (χ3v) is 3.90. The van der Waals surface area contributed by atoms with Gasteiger partial charge in [-0.25, -0.2) is 0 Å². The molecule has 0 radical (unpaired) electrons. The van der Waals surface area contributed by atoms with Crippen LogP contribution >= 0.6 is 23.1 Å². The topological polar surface area (TPSA) is 21.3 Å². The van der Waals surface area contributed by atoms with E-state index in [-0.39, 0.29) is 0 Å². The molecule has 4 heteroatoms. The summed E-state index contributed by atoms with van der Waals surface area (Å²) in [6.07, 6.45) is 0. The molecule has 0 amide bonds. The van der Waals surface area contributed by atoms with Crippen LogP contribution in [0.25, 0.3) is 0 Å². The van der Waals surface area contributed by atoms with E-state index in [1.165, 1.54) is 4.21 Å². The highest BCUT2D eigenvalue weighted by molar-refractivity contribution is 8.01. The lowest BCUT2D eigenvalue weighted by Gasteiger charge is -2.10. The van der Waals surface area contributed by atoms with Crippen LogP contribution in [-0.4, -0.2) is 32.1 Å². The number of methoxy groups -OCH3 is 1. The maximum atomic E-state index is 4.96. The Kier molecular flexibility index (Phi) is 6.27. The largest absolute Gasteiger partial charge is 0.383 e. The number of hydrogen-bond donors (Lipinski definition) is 1. The molecule has 1 rings (SSSR count). The summed E-state index contributed by atoms with van der Waals surface area (Å²) in [5, 5.41) is 6.09. The van der Waals surface area contributed by atoms with Crippen LogP contribution in [0.5, 0.6) is 0 Å². The van der Waals surface area contributed by atoms with Crippen molar-refractivity contribution in [2.24, 2.45) is 0 Å². The number of thioether (sulfide) groups is 1.